The highest BCUT2D eigenvalue weighted by Gasteiger charge is 2.24. The molecule has 1 heterocycles. The second-order valence-corrected chi connectivity index (χ2v) is 5.49. The van der Waals surface area contributed by atoms with Crippen LogP contribution in [0.3, 0.4) is 0 Å². The van der Waals surface area contributed by atoms with E-state index in [4.69, 9.17) is 4.74 Å². The van der Waals surface area contributed by atoms with Gasteiger partial charge in [-0.05, 0) is 28.3 Å². The van der Waals surface area contributed by atoms with Crippen molar-refractivity contribution >= 4 is 33.5 Å². The Morgan fingerprint density at radius 3 is 2.60 bits per heavy atom. The van der Waals surface area contributed by atoms with Gasteiger partial charge in [-0.15, -0.1) is 0 Å². The summed E-state index contributed by atoms with van der Waals surface area (Å²) in [5.74, 6) is 1.05. The highest BCUT2D eigenvalue weighted by atomic mass is 79.9. The molecule has 112 valence electrons. The number of esters is 1. The normalized spacial score (nSPS) is 12.1. The van der Waals surface area contributed by atoms with E-state index in [0.29, 0.717) is 16.1 Å². The molecule has 0 saturated heterocycles. The van der Waals surface area contributed by atoms with E-state index in [1.165, 1.54) is 13.4 Å². The number of nitrogens with one attached hydrogen (secondary N) is 2. The lowest BCUT2D eigenvalue weighted by atomic mass is 10.0. The van der Waals surface area contributed by atoms with Crippen molar-refractivity contribution in [2.24, 2.45) is 5.92 Å². The number of hydrogen-bond donors (Lipinski definition) is 2. The van der Waals surface area contributed by atoms with Crippen molar-refractivity contribution in [3.05, 3.63) is 10.8 Å². The van der Waals surface area contributed by atoms with E-state index < -0.39 is 6.04 Å². The van der Waals surface area contributed by atoms with E-state index in [-0.39, 0.29) is 11.9 Å². The third-order valence-electron chi connectivity index (χ3n) is 2.75. The zero-order valence-electron chi connectivity index (χ0n) is 12.2. The Labute approximate surface area is 127 Å². The van der Waals surface area contributed by atoms with E-state index in [1.54, 1.807) is 0 Å². The molecule has 0 fully saturated rings. The number of rotatable bonds is 7. The summed E-state index contributed by atoms with van der Waals surface area (Å²) in [7, 11) is 1.38. The maximum Gasteiger partial charge on any atom is 0.328 e. The summed E-state index contributed by atoms with van der Waals surface area (Å²) in [6, 6.07) is -0.453. The van der Waals surface area contributed by atoms with Gasteiger partial charge >= 0.3 is 5.97 Å². The van der Waals surface area contributed by atoms with Crippen LogP contribution in [0.2, 0.25) is 0 Å². The molecule has 1 rings (SSSR count). The average Bonchev–Trinajstić information content (AvgIpc) is 2.43. The third-order valence-corrected chi connectivity index (χ3v) is 3.50. The molecular weight excluding hydrogens is 324 g/mol. The molecule has 0 aliphatic carbocycles. The maximum absolute atomic E-state index is 11.8. The molecule has 1 atom stereocenters. The first kappa shape index (κ1) is 16.7. The van der Waals surface area contributed by atoms with Crippen molar-refractivity contribution in [2.75, 3.05) is 24.3 Å². The van der Waals surface area contributed by atoms with Crippen LogP contribution in [0.4, 0.5) is 11.6 Å². The number of halogens is 1. The Hall–Kier alpha value is -1.37. The molecule has 0 bridgehead atoms. The summed E-state index contributed by atoms with van der Waals surface area (Å²) < 4.78 is 5.52. The smallest absolute Gasteiger partial charge is 0.328 e. The zero-order chi connectivity index (χ0) is 15.1. The minimum atomic E-state index is -0.453. The van der Waals surface area contributed by atoms with E-state index in [1.807, 2.05) is 13.8 Å². The van der Waals surface area contributed by atoms with Crippen molar-refractivity contribution in [1.82, 2.24) is 9.97 Å². The molecule has 0 saturated carbocycles. The molecule has 0 spiro atoms. The Morgan fingerprint density at radius 2 is 2.05 bits per heavy atom. The van der Waals surface area contributed by atoms with E-state index in [2.05, 4.69) is 43.5 Å². The van der Waals surface area contributed by atoms with Gasteiger partial charge in [-0.2, -0.15) is 0 Å². The Bertz CT molecular complexity index is 454. The number of hydrogen-bond acceptors (Lipinski definition) is 6. The van der Waals surface area contributed by atoms with Crippen LogP contribution < -0.4 is 10.6 Å². The molecule has 0 aromatic carbocycles. The number of ether oxygens (including phenoxy) is 1. The van der Waals surface area contributed by atoms with Gasteiger partial charge in [0.25, 0.3) is 0 Å². The van der Waals surface area contributed by atoms with Crippen LogP contribution in [0.5, 0.6) is 0 Å². The fourth-order valence-corrected chi connectivity index (χ4v) is 2.07. The first-order valence-electron chi connectivity index (χ1n) is 6.60. The first-order chi connectivity index (χ1) is 9.51. The summed E-state index contributed by atoms with van der Waals surface area (Å²) in [6.45, 7) is 6.78. The standard InChI is InChI=1S/C13H21BrN4O2/c1-5-6-15-11-9(14)12(17-7-16-11)18-10(8(2)3)13(19)20-4/h7-8,10H,5-6H2,1-4H3,(H2,15,16,17,18). The summed E-state index contributed by atoms with van der Waals surface area (Å²) in [5, 5.41) is 6.30. The second-order valence-electron chi connectivity index (χ2n) is 4.70. The lowest BCUT2D eigenvalue weighted by Gasteiger charge is -2.21. The van der Waals surface area contributed by atoms with Crippen LogP contribution in [-0.4, -0.2) is 35.6 Å². The van der Waals surface area contributed by atoms with Crippen LogP contribution in [0, 0.1) is 5.92 Å². The molecule has 1 aromatic rings. The van der Waals surface area contributed by atoms with Gasteiger partial charge in [0.15, 0.2) is 0 Å². The second kappa shape index (κ2) is 8.04. The molecule has 20 heavy (non-hydrogen) atoms. The molecule has 1 aromatic heterocycles. The number of methoxy groups -OCH3 is 1. The Kier molecular flexibility index (Phi) is 6.70. The minimum Gasteiger partial charge on any atom is -0.467 e. The molecule has 0 amide bonds. The van der Waals surface area contributed by atoms with Gasteiger partial charge in [-0.3, -0.25) is 0 Å². The van der Waals surface area contributed by atoms with Gasteiger partial charge in [0.05, 0.1) is 7.11 Å². The van der Waals surface area contributed by atoms with E-state index in [9.17, 15) is 4.79 Å². The molecule has 6 nitrogen and oxygen atoms in total. The zero-order valence-corrected chi connectivity index (χ0v) is 13.8. The fraction of sp³-hybridized carbons (Fsp3) is 0.615. The van der Waals surface area contributed by atoms with Crippen molar-refractivity contribution in [3.8, 4) is 0 Å². The van der Waals surface area contributed by atoms with Crippen molar-refractivity contribution in [1.29, 1.82) is 0 Å². The Balaban J connectivity index is 2.92. The monoisotopic (exact) mass is 344 g/mol. The number of nitrogens with zero attached hydrogens (tertiary/aromatic N) is 2. The van der Waals surface area contributed by atoms with Gasteiger partial charge in [-0.25, -0.2) is 14.8 Å². The van der Waals surface area contributed by atoms with Gasteiger partial charge in [0.1, 0.15) is 28.5 Å². The quantitative estimate of drug-likeness (QED) is 0.740. The van der Waals surface area contributed by atoms with Gasteiger partial charge < -0.3 is 15.4 Å². The predicted molar refractivity (Wildman–Crippen MR) is 82.8 cm³/mol. The number of aromatic nitrogens is 2. The van der Waals surface area contributed by atoms with Gasteiger partial charge in [-0.1, -0.05) is 20.8 Å². The van der Waals surface area contributed by atoms with Crippen molar-refractivity contribution in [3.63, 3.8) is 0 Å². The molecular formula is C13H21BrN4O2. The number of carbonyl (C=O) groups excluding carboxylic acids is 1. The van der Waals surface area contributed by atoms with Crippen LogP contribution in [0.15, 0.2) is 10.8 Å². The molecule has 7 heteroatoms. The summed E-state index contributed by atoms with van der Waals surface area (Å²) >= 11 is 3.46. The minimum absolute atomic E-state index is 0.0800. The van der Waals surface area contributed by atoms with Crippen molar-refractivity contribution < 1.29 is 9.53 Å². The number of carbonyl (C=O) groups is 1. The van der Waals surface area contributed by atoms with Crippen LogP contribution in [-0.2, 0) is 9.53 Å². The summed E-state index contributed by atoms with van der Waals surface area (Å²) in [5.41, 5.74) is 0. The first-order valence-corrected chi connectivity index (χ1v) is 7.39. The molecule has 0 radical (unpaired) electrons. The molecule has 0 aliphatic heterocycles. The van der Waals surface area contributed by atoms with E-state index in [0.717, 1.165) is 13.0 Å². The van der Waals surface area contributed by atoms with E-state index >= 15 is 0 Å². The van der Waals surface area contributed by atoms with Crippen LogP contribution >= 0.6 is 15.9 Å². The summed E-state index contributed by atoms with van der Waals surface area (Å²) in [4.78, 5) is 20.1. The third kappa shape index (κ3) is 4.33. The number of anilines is 2. The van der Waals surface area contributed by atoms with Gasteiger partial charge in [0.2, 0.25) is 0 Å². The largest absolute Gasteiger partial charge is 0.467 e. The average molecular weight is 345 g/mol. The highest BCUT2D eigenvalue weighted by molar-refractivity contribution is 9.10. The SMILES string of the molecule is CCCNc1ncnc(NC(C(=O)OC)C(C)C)c1Br. The summed E-state index contributed by atoms with van der Waals surface area (Å²) in [6.07, 6.45) is 2.45. The maximum atomic E-state index is 11.8. The predicted octanol–water partition coefficient (Wildman–Crippen LogP) is 2.67. The topological polar surface area (TPSA) is 76.1 Å². The molecule has 2 N–H and O–H groups in total. The van der Waals surface area contributed by atoms with Crippen molar-refractivity contribution in [2.45, 2.75) is 33.2 Å². The van der Waals surface area contributed by atoms with Gasteiger partial charge in [0, 0.05) is 6.54 Å². The highest BCUT2D eigenvalue weighted by Crippen LogP contribution is 2.27. The van der Waals surface area contributed by atoms with Crippen LogP contribution in [0.1, 0.15) is 27.2 Å². The lowest BCUT2D eigenvalue weighted by Crippen LogP contribution is -2.36. The fourth-order valence-electron chi connectivity index (χ4n) is 1.61. The molecule has 0 aliphatic rings. The molecule has 1 unspecified atom stereocenters. The Morgan fingerprint density at radius 1 is 1.40 bits per heavy atom. The lowest BCUT2D eigenvalue weighted by molar-refractivity contribution is -0.142. The van der Waals surface area contributed by atoms with Crippen LogP contribution in [0.25, 0.3) is 0 Å².